The molecule has 0 aliphatic carbocycles. The number of carbonyl (C=O) groups excluding carboxylic acids is 2. The van der Waals surface area contributed by atoms with Gasteiger partial charge in [0, 0.05) is 20.2 Å². The summed E-state index contributed by atoms with van der Waals surface area (Å²) >= 11 is 12.1. The summed E-state index contributed by atoms with van der Waals surface area (Å²) in [5.74, 6) is -0.117. The maximum atomic E-state index is 12.6. The number of hydrogen-bond donors (Lipinski definition) is 2. The zero-order chi connectivity index (χ0) is 21.8. The summed E-state index contributed by atoms with van der Waals surface area (Å²) in [6.45, 7) is 2.96. The highest BCUT2D eigenvalue weighted by Gasteiger charge is 2.32. The van der Waals surface area contributed by atoms with E-state index < -0.39 is 5.97 Å². The number of aromatic nitrogens is 3. The lowest BCUT2D eigenvalue weighted by Crippen LogP contribution is -2.55. The zero-order valence-corrected chi connectivity index (χ0v) is 18.4. The Bertz CT molecular complexity index is 936. The first-order valence-electron chi connectivity index (χ1n) is 9.45. The molecule has 2 atom stereocenters. The topological polar surface area (TPSA) is 109 Å². The molecule has 2 N–H and O–H groups in total. The molecule has 1 fully saturated rings. The predicted octanol–water partition coefficient (Wildman–Crippen LogP) is 2.48. The van der Waals surface area contributed by atoms with E-state index in [0.29, 0.717) is 48.2 Å². The van der Waals surface area contributed by atoms with Crippen LogP contribution in [0.4, 0.5) is 5.82 Å². The Morgan fingerprint density at radius 1 is 1.30 bits per heavy atom. The van der Waals surface area contributed by atoms with Crippen molar-refractivity contribution < 1.29 is 19.1 Å². The van der Waals surface area contributed by atoms with Gasteiger partial charge in [-0.25, -0.2) is 14.8 Å². The molecule has 1 saturated heterocycles. The molecule has 0 aromatic carbocycles. The molecule has 2 aromatic heterocycles. The normalized spacial score (nSPS) is 18.9. The second-order valence-electron chi connectivity index (χ2n) is 6.83. The van der Waals surface area contributed by atoms with Crippen molar-refractivity contribution in [3.8, 4) is 0 Å². The highest BCUT2D eigenvalue weighted by atomic mass is 35.5. The number of nitrogens with zero attached hydrogens (tertiary/aromatic N) is 3. The lowest BCUT2D eigenvalue weighted by molar-refractivity contribution is 0.0536. The zero-order valence-electron chi connectivity index (χ0n) is 16.9. The van der Waals surface area contributed by atoms with Gasteiger partial charge in [-0.3, -0.25) is 4.79 Å². The fraction of sp³-hybridized carbons (Fsp3) is 0.474. The smallest absolute Gasteiger partial charge is 0.338 e. The van der Waals surface area contributed by atoms with E-state index in [2.05, 4.69) is 20.3 Å². The number of methoxy groups -OCH3 is 2. The van der Waals surface area contributed by atoms with Crippen molar-refractivity contribution >= 4 is 40.9 Å². The van der Waals surface area contributed by atoms with Crippen LogP contribution in [0.5, 0.6) is 0 Å². The van der Waals surface area contributed by atoms with Crippen molar-refractivity contribution in [3.05, 3.63) is 39.5 Å². The molecule has 1 aliphatic heterocycles. The van der Waals surface area contributed by atoms with Crippen molar-refractivity contribution in [1.29, 1.82) is 0 Å². The average molecular weight is 456 g/mol. The number of halogens is 2. The molecule has 1 aliphatic rings. The second-order valence-corrected chi connectivity index (χ2v) is 7.57. The highest BCUT2D eigenvalue weighted by molar-refractivity contribution is 6.30. The van der Waals surface area contributed by atoms with Crippen LogP contribution in [0.15, 0.2) is 12.1 Å². The standard InChI is InChI=1S/C19H23Cl2N5O4/c1-4-11-16(21)25-17(22-11)18(27)23-12-5-6-26(9-13(12)29-2)15-8-10(19(28)30-3)7-14(20)24-15/h7-8,12-13H,4-6,9H2,1-3H3,(H,22,25)(H,23,27). The molecule has 3 heterocycles. The Morgan fingerprint density at radius 2 is 2.07 bits per heavy atom. The van der Waals surface area contributed by atoms with Crippen molar-refractivity contribution in [2.24, 2.45) is 0 Å². The van der Waals surface area contributed by atoms with Crippen LogP contribution in [0.2, 0.25) is 10.3 Å². The molecule has 9 nitrogen and oxygen atoms in total. The number of nitrogens with one attached hydrogen (secondary N) is 2. The number of piperidine rings is 1. The van der Waals surface area contributed by atoms with Crippen molar-refractivity contribution in [1.82, 2.24) is 20.3 Å². The number of rotatable bonds is 6. The van der Waals surface area contributed by atoms with Gasteiger partial charge in [0.05, 0.1) is 30.5 Å². The molecule has 0 saturated carbocycles. The molecular formula is C19H23Cl2N5O4. The quantitative estimate of drug-likeness (QED) is 0.508. The summed E-state index contributed by atoms with van der Waals surface area (Å²) in [7, 11) is 2.89. The molecule has 1 amide bonds. The van der Waals surface area contributed by atoms with Gasteiger partial charge in [-0.05, 0) is 25.0 Å². The molecule has 0 radical (unpaired) electrons. The number of aromatic amines is 1. The number of imidazole rings is 1. The molecule has 162 valence electrons. The second kappa shape index (κ2) is 9.63. The van der Waals surface area contributed by atoms with Gasteiger partial charge < -0.3 is 24.7 Å². The first-order chi connectivity index (χ1) is 14.4. The van der Waals surface area contributed by atoms with Crippen molar-refractivity contribution in [2.75, 3.05) is 32.2 Å². The number of hydrogen-bond acceptors (Lipinski definition) is 7. The number of aryl methyl sites for hydroxylation is 1. The molecule has 30 heavy (non-hydrogen) atoms. The van der Waals surface area contributed by atoms with Crippen LogP contribution in [0, 0.1) is 0 Å². The summed E-state index contributed by atoms with van der Waals surface area (Å²) in [5.41, 5.74) is 1.03. The summed E-state index contributed by atoms with van der Waals surface area (Å²) in [5, 5.41) is 3.45. The lowest BCUT2D eigenvalue weighted by atomic mass is 10.0. The minimum Gasteiger partial charge on any atom is -0.465 e. The van der Waals surface area contributed by atoms with Gasteiger partial charge in [0.25, 0.3) is 5.91 Å². The highest BCUT2D eigenvalue weighted by Crippen LogP contribution is 2.24. The van der Waals surface area contributed by atoms with Gasteiger partial charge in [-0.2, -0.15) is 0 Å². The van der Waals surface area contributed by atoms with E-state index in [9.17, 15) is 9.59 Å². The first kappa shape index (κ1) is 22.3. The average Bonchev–Trinajstić information content (AvgIpc) is 3.13. The molecule has 0 bridgehead atoms. The van der Waals surface area contributed by atoms with E-state index in [-0.39, 0.29) is 29.0 Å². The van der Waals surface area contributed by atoms with Gasteiger partial charge in [0.2, 0.25) is 0 Å². The van der Waals surface area contributed by atoms with Gasteiger partial charge in [-0.15, -0.1) is 0 Å². The molecule has 3 rings (SSSR count). The number of H-pyrrole nitrogens is 1. The minimum atomic E-state index is -0.491. The third-order valence-electron chi connectivity index (χ3n) is 5.00. The van der Waals surface area contributed by atoms with Crippen molar-refractivity contribution in [2.45, 2.75) is 31.9 Å². The number of anilines is 1. The number of ether oxygens (including phenoxy) is 2. The van der Waals surface area contributed by atoms with E-state index in [0.717, 1.165) is 0 Å². The molecule has 0 spiro atoms. The third kappa shape index (κ3) is 4.85. The summed E-state index contributed by atoms with van der Waals surface area (Å²) in [6, 6.07) is 2.85. The largest absolute Gasteiger partial charge is 0.465 e. The fourth-order valence-corrected chi connectivity index (χ4v) is 3.85. The van der Waals surface area contributed by atoms with Gasteiger partial charge in [-0.1, -0.05) is 30.1 Å². The van der Waals surface area contributed by atoms with Crippen LogP contribution in [-0.2, 0) is 15.9 Å². The molecule has 2 aromatic rings. The first-order valence-corrected chi connectivity index (χ1v) is 10.2. The van der Waals surface area contributed by atoms with Crippen LogP contribution in [-0.4, -0.2) is 66.3 Å². The van der Waals surface area contributed by atoms with Crippen LogP contribution in [0.25, 0.3) is 0 Å². The lowest BCUT2D eigenvalue weighted by Gasteiger charge is -2.38. The van der Waals surface area contributed by atoms with Crippen LogP contribution in [0.3, 0.4) is 0 Å². The van der Waals surface area contributed by atoms with Gasteiger partial charge in [0.1, 0.15) is 11.0 Å². The number of pyridine rings is 1. The Kier molecular flexibility index (Phi) is 7.17. The number of esters is 1. The fourth-order valence-electron chi connectivity index (χ4n) is 3.38. The van der Waals surface area contributed by atoms with E-state index in [4.69, 9.17) is 32.7 Å². The van der Waals surface area contributed by atoms with Gasteiger partial charge >= 0.3 is 5.97 Å². The Labute approximate surface area is 184 Å². The molecular weight excluding hydrogens is 433 g/mol. The maximum Gasteiger partial charge on any atom is 0.338 e. The van der Waals surface area contributed by atoms with E-state index in [1.807, 2.05) is 11.8 Å². The van der Waals surface area contributed by atoms with Crippen molar-refractivity contribution in [3.63, 3.8) is 0 Å². The molecule has 11 heteroatoms. The molecule has 2 unspecified atom stereocenters. The number of carbonyl (C=O) groups is 2. The minimum absolute atomic E-state index is 0.174. The SMILES string of the molecule is CCc1[nH]c(C(=O)NC2CCN(c3cc(C(=O)OC)cc(Cl)n3)CC2OC)nc1Cl. The van der Waals surface area contributed by atoms with E-state index in [1.165, 1.54) is 13.2 Å². The number of amides is 1. The van der Waals surface area contributed by atoms with Crippen LogP contribution in [0.1, 0.15) is 40.0 Å². The van der Waals surface area contributed by atoms with Crippen LogP contribution >= 0.6 is 23.2 Å². The van der Waals surface area contributed by atoms with E-state index in [1.54, 1.807) is 13.2 Å². The third-order valence-corrected chi connectivity index (χ3v) is 5.51. The summed E-state index contributed by atoms with van der Waals surface area (Å²) in [6.07, 6.45) is 0.945. The summed E-state index contributed by atoms with van der Waals surface area (Å²) in [4.78, 5) is 37.7. The summed E-state index contributed by atoms with van der Waals surface area (Å²) < 4.78 is 10.4. The van der Waals surface area contributed by atoms with Gasteiger partial charge in [0.15, 0.2) is 11.0 Å². The monoisotopic (exact) mass is 455 g/mol. The Morgan fingerprint density at radius 3 is 2.70 bits per heavy atom. The maximum absolute atomic E-state index is 12.6. The van der Waals surface area contributed by atoms with E-state index >= 15 is 0 Å². The Balaban J connectivity index is 1.71. The van der Waals surface area contributed by atoms with Crippen LogP contribution < -0.4 is 10.2 Å². The Hall–Kier alpha value is -2.36. The predicted molar refractivity (Wildman–Crippen MR) is 112 cm³/mol.